The van der Waals surface area contributed by atoms with Crippen LogP contribution in [0.1, 0.15) is 18.4 Å². The first-order valence-electron chi connectivity index (χ1n) is 5.82. The summed E-state index contributed by atoms with van der Waals surface area (Å²) in [6.45, 7) is 0.953. The van der Waals surface area contributed by atoms with Crippen molar-refractivity contribution in [1.29, 1.82) is 0 Å². The molecule has 0 aliphatic heterocycles. The summed E-state index contributed by atoms with van der Waals surface area (Å²) in [4.78, 5) is 0. The molecule has 2 rings (SSSR count). The van der Waals surface area contributed by atoms with E-state index in [0.717, 1.165) is 24.5 Å². The number of likely N-dealkylation sites (N-methyl/N-ethyl adjacent to an activating group) is 1. The summed E-state index contributed by atoms with van der Waals surface area (Å²) in [5.74, 6) is 1.78. The molecule has 1 aliphatic rings. The van der Waals surface area contributed by atoms with Gasteiger partial charge in [0, 0.05) is 0 Å². The Morgan fingerprint density at radius 2 is 2.19 bits per heavy atom. The summed E-state index contributed by atoms with van der Waals surface area (Å²) < 4.78 is 11.3. The minimum absolute atomic E-state index is 0.407. The number of ether oxygens (including phenoxy) is 2. The lowest BCUT2D eigenvalue weighted by atomic mass is 10.1. The molecular formula is C13H19NO2. The van der Waals surface area contributed by atoms with Gasteiger partial charge in [-0.25, -0.2) is 0 Å². The molecule has 1 fully saturated rings. The van der Waals surface area contributed by atoms with Gasteiger partial charge in [0.1, 0.15) is 0 Å². The predicted octanol–water partition coefficient (Wildman–Crippen LogP) is 2.00. The van der Waals surface area contributed by atoms with Gasteiger partial charge in [0.05, 0.1) is 13.2 Å². The molecule has 0 amide bonds. The second kappa shape index (κ2) is 5.21. The predicted molar refractivity (Wildman–Crippen MR) is 64.3 cm³/mol. The van der Waals surface area contributed by atoms with Crippen molar-refractivity contribution in [1.82, 2.24) is 5.32 Å². The fourth-order valence-corrected chi connectivity index (χ4v) is 1.66. The van der Waals surface area contributed by atoms with Gasteiger partial charge in [-0.3, -0.25) is 0 Å². The quantitative estimate of drug-likeness (QED) is 0.797. The molecule has 1 aromatic carbocycles. The van der Waals surface area contributed by atoms with Gasteiger partial charge in [-0.2, -0.15) is 0 Å². The van der Waals surface area contributed by atoms with Crippen LogP contribution in [-0.2, 0) is 6.42 Å². The molecule has 0 spiro atoms. The third kappa shape index (κ3) is 2.67. The minimum Gasteiger partial charge on any atom is -0.493 e. The minimum atomic E-state index is 0.407. The number of para-hydroxylation sites is 1. The van der Waals surface area contributed by atoms with Crippen molar-refractivity contribution in [3.63, 3.8) is 0 Å². The number of benzene rings is 1. The van der Waals surface area contributed by atoms with Crippen LogP contribution in [0.5, 0.6) is 11.5 Å². The van der Waals surface area contributed by atoms with E-state index < -0.39 is 0 Å². The molecule has 16 heavy (non-hydrogen) atoms. The Morgan fingerprint density at radius 1 is 1.38 bits per heavy atom. The molecule has 0 atom stereocenters. The van der Waals surface area contributed by atoms with Gasteiger partial charge in [-0.15, -0.1) is 0 Å². The van der Waals surface area contributed by atoms with Crippen LogP contribution in [-0.4, -0.2) is 26.8 Å². The third-order valence-electron chi connectivity index (χ3n) is 2.73. The molecule has 1 saturated carbocycles. The first-order valence-corrected chi connectivity index (χ1v) is 5.82. The molecule has 0 heterocycles. The standard InChI is InChI=1S/C13H19NO2/c1-14-9-8-10-4-3-5-12(15-2)13(10)16-11-6-7-11/h3-5,11,14H,6-9H2,1-2H3. The number of methoxy groups -OCH3 is 1. The van der Waals surface area contributed by atoms with E-state index in [1.165, 1.54) is 18.4 Å². The second-order valence-electron chi connectivity index (χ2n) is 4.12. The topological polar surface area (TPSA) is 30.5 Å². The molecule has 1 aliphatic carbocycles. The molecule has 88 valence electrons. The monoisotopic (exact) mass is 221 g/mol. The lowest BCUT2D eigenvalue weighted by Gasteiger charge is -2.14. The summed E-state index contributed by atoms with van der Waals surface area (Å²) in [7, 11) is 3.65. The second-order valence-corrected chi connectivity index (χ2v) is 4.12. The zero-order valence-corrected chi connectivity index (χ0v) is 9.95. The zero-order chi connectivity index (χ0) is 11.4. The van der Waals surface area contributed by atoms with Crippen molar-refractivity contribution < 1.29 is 9.47 Å². The van der Waals surface area contributed by atoms with Crippen molar-refractivity contribution in [3.05, 3.63) is 23.8 Å². The van der Waals surface area contributed by atoms with E-state index >= 15 is 0 Å². The van der Waals surface area contributed by atoms with Crippen LogP contribution in [0.25, 0.3) is 0 Å². The van der Waals surface area contributed by atoms with E-state index in [2.05, 4.69) is 11.4 Å². The van der Waals surface area contributed by atoms with Crippen LogP contribution in [0.15, 0.2) is 18.2 Å². The van der Waals surface area contributed by atoms with E-state index in [1.807, 2.05) is 19.2 Å². The highest BCUT2D eigenvalue weighted by Crippen LogP contribution is 2.36. The largest absolute Gasteiger partial charge is 0.493 e. The van der Waals surface area contributed by atoms with Gasteiger partial charge in [-0.1, -0.05) is 12.1 Å². The molecule has 1 aromatic rings. The molecule has 0 radical (unpaired) electrons. The van der Waals surface area contributed by atoms with Crippen LogP contribution in [0.3, 0.4) is 0 Å². The van der Waals surface area contributed by atoms with Crippen molar-refractivity contribution in [2.75, 3.05) is 20.7 Å². The van der Waals surface area contributed by atoms with Crippen molar-refractivity contribution in [2.24, 2.45) is 0 Å². The highest BCUT2D eigenvalue weighted by molar-refractivity contribution is 5.47. The molecule has 0 bridgehead atoms. The number of nitrogens with one attached hydrogen (secondary N) is 1. The fourth-order valence-electron chi connectivity index (χ4n) is 1.66. The van der Waals surface area contributed by atoms with Crippen LogP contribution in [0, 0.1) is 0 Å². The summed E-state index contributed by atoms with van der Waals surface area (Å²) in [5, 5.41) is 3.15. The highest BCUT2D eigenvalue weighted by atomic mass is 16.5. The van der Waals surface area contributed by atoms with Crippen LogP contribution in [0.4, 0.5) is 0 Å². The van der Waals surface area contributed by atoms with Crippen LogP contribution < -0.4 is 14.8 Å². The smallest absolute Gasteiger partial charge is 0.164 e. The first-order chi connectivity index (χ1) is 7.85. The maximum absolute atomic E-state index is 5.92. The third-order valence-corrected chi connectivity index (χ3v) is 2.73. The van der Waals surface area contributed by atoms with Gasteiger partial charge >= 0.3 is 0 Å². The Hall–Kier alpha value is -1.22. The van der Waals surface area contributed by atoms with E-state index in [-0.39, 0.29) is 0 Å². The van der Waals surface area contributed by atoms with Crippen molar-refractivity contribution >= 4 is 0 Å². The molecule has 0 aromatic heterocycles. The van der Waals surface area contributed by atoms with E-state index in [0.29, 0.717) is 6.10 Å². The maximum Gasteiger partial charge on any atom is 0.164 e. The number of rotatable bonds is 6. The van der Waals surface area contributed by atoms with Gasteiger partial charge in [-0.05, 0) is 44.5 Å². The molecule has 0 saturated heterocycles. The van der Waals surface area contributed by atoms with Gasteiger partial charge < -0.3 is 14.8 Å². The lowest BCUT2D eigenvalue weighted by molar-refractivity contribution is 0.279. The highest BCUT2D eigenvalue weighted by Gasteiger charge is 2.26. The Morgan fingerprint density at radius 3 is 2.81 bits per heavy atom. The molecule has 3 nitrogen and oxygen atoms in total. The summed E-state index contributed by atoms with van der Waals surface area (Å²) in [5.41, 5.74) is 1.22. The Bertz CT molecular complexity index is 348. The molecule has 3 heteroatoms. The Balaban J connectivity index is 2.18. The van der Waals surface area contributed by atoms with Crippen LogP contribution in [0.2, 0.25) is 0 Å². The van der Waals surface area contributed by atoms with E-state index in [4.69, 9.17) is 9.47 Å². The SMILES string of the molecule is CNCCc1cccc(OC)c1OC1CC1. The Labute approximate surface area is 96.8 Å². The van der Waals surface area contributed by atoms with Crippen LogP contribution >= 0.6 is 0 Å². The summed E-state index contributed by atoms with van der Waals surface area (Å²) >= 11 is 0. The fraction of sp³-hybridized carbons (Fsp3) is 0.538. The molecule has 1 N–H and O–H groups in total. The average Bonchev–Trinajstić information content (AvgIpc) is 3.11. The molecular weight excluding hydrogens is 202 g/mol. The van der Waals surface area contributed by atoms with Gasteiger partial charge in [0.15, 0.2) is 11.5 Å². The zero-order valence-electron chi connectivity index (χ0n) is 9.95. The number of hydrogen-bond acceptors (Lipinski definition) is 3. The number of hydrogen-bond donors (Lipinski definition) is 1. The summed E-state index contributed by atoms with van der Waals surface area (Å²) in [6, 6.07) is 6.09. The molecule has 0 unspecified atom stereocenters. The van der Waals surface area contributed by atoms with Gasteiger partial charge in [0.2, 0.25) is 0 Å². The lowest BCUT2D eigenvalue weighted by Crippen LogP contribution is -2.12. The van der Waals surface area contributed by atoms with E-state index in [1.54, 1.807) is 7.11 Å². The van der Waals surface area contributed by atoms with Crippen molar-refractivity contribution in [3.8, 4) is 11.5 Å². The first kappa shape index (κ1) is 11.3. The summed E-state index contributed by atoms with van der Waals surface area (Å²) in [6.07, 6.45) is 3.72. The Kier molecular flexibility index (Phi) is 3.67. The van der Waals surface area contributed by atoms with Gasteiger partial charge in [0.25, 0.3) is 0 Å². The normalized spacial score (nSPS) is 14.9. The maximum atomic E-state index is 5.92. The average molecular weight is 221 g/mol. The van der Waals surface area contributed by atoms with E-state index in [9.17, 15) is 0 Å². The van der Waals surface area contributed by atoms with Crippen molar-refractivity contribution in [2.45, 2.75) is 25.4 Å².